The van der Waals surface area contributed by atoms with E-state index in [1.807, 2.05) is 0 Å². The van der Waals surface area contributed by atoms with Crippen LogP contribution in [0.2, 0.25) is 0 Å². The fourth-order valence-electron chi connectivity index (χ4n) is 2.25. The minimum Gasteiger partial charge on any atom is -0.479 e. The summed E-state index contributed by atoms with van der Waals surface area (Å²) < 4.78 is 10.5. The van der Waals surface area contributed by atoms with Crippen LogP contribution in [0.5, 0.6) is 5.75 Å². The average Bonchev–Trinajstić information content (AvgIpc) is 2.55. The van der Waals surface area contributed by atoms with E-state index in [4.69, 9.17) is 19.7 Å². The van der Waals surface area contributed by atoms with Crippen molar-refractivity contribution in [2.75, 3.05) is 12.4 Å². The number of rotatable bonds is 5. The molecule has 1 saturated heterocycles. The maximum atomic E-state index is 11.0. The maximum Gasteiger partial charge on any atom is 0.335 e. The molecule has 9 nitrogen and oxygen atoms in total. The molecule has 0 radical (unpaired) electrons. The van der Waals surface area contributed by atoms with Gasteiger partial charge in [0, 0.05) is 7.05 Å². The summed E-state index contributed by atoms with van der Waals surface area (Å²) in [6, 6.07) is 4.68. The highest BCUT2D eigenvalue weighted by Crippen LogP contribution is 2.30. The zero-order chi connectivity index (χ0) is 17.1. The normalized spacial score (nSPS) is 30.7. The molecule has 0 bridgehead atoms. The SMILES string of the molecule is CNc1cc(CO)ccc1OC1OC(C(=O)O)C(O)C(O)C1O. The van der Waals surface area contributed by atoms with Crippen molar-refractivity contribution in [3.8, 4) is 5.75 Å². The van der Waals surface area contributed by atoms with Gasteiger partial charge in [-0.15, -0.1) is 0 Å². The summed E-state index contributed by atoms with van der Waals surface area (Å²) in [7, 11) is 1.61. The van der Waals surface area contributed by atoms with E-state index >= 15 is 0 Å². The van der Waals surface area contributed by atoms with E-state index in [0.29, 0.717) is 11.3 Å². The number of aliphatic carboxylic acids is 1. The number of aliphatic hydroxyl groups excluding tert-OH is 4. The highest BCUT2D eigenvalue weighted by atomic mass is 16.7. The Hall–Kier alpha value is -1.91. The van der Waals surface area contributed by atoms with E-state index < -0.39 is 36.7 Å². The van der Waals surface area contributed by atoms with Gasteiger partial charge >= 0.3 is 5.97 Å². The third-order valence-corrected chi connectivity index (χ3v) is 3.55. The minimum atomic E-state index is -1.78. The molecule has 1 heterocycles. The first-order valence-electron chi connectivity index (χ1n) is 6.89. The van der Waals surface area contributed by atoms with Crippen LogP contribution in [0.3, 0.4) is 0 Å². The van der Waals surface area contributed by atoms with Gasteiger partial charge in [0.05, 0.1) is 12.3 Å². The van der Waals surface area contributed by atoms with Crippen LogP contribution in [0.1, 0.15) is 5.56 Å². The Kier molecular flexibility index (Phi) is 5.39. The summed E-state index contributed by atoms with van der Waals surface area (Å²) in [4.78, 5) is 11.0. The Bertz CT molecular complexity index is 566. The fraction of sp³-hybridized carbons (Fsp3) is 0.500. The second-order valence-electron chi connectivity index (χ2n) is 5.09. The van der Waals surface area contributed by atoms with E-state index in [1.165, 1.54) is 6.07 Å². The van der Waals surface area contributed by atoms with Gasteiger partial charge in [-0.1, -0.05) is 6.07 Å². The molecule has 9 heteroatoms. The number of carboxylic acid groups (broad SMARTS) is 1. The zero-order valence-electron chi connectivity index (χ0n) is 12.3. The smallest absolute Gasteiger partial charge is 0.335 e. The molecule has 1 aromatic rings. The Morgan fingerprint density at radius 1 is 1.26 bits per heavy atom. The van der Waals surface area contributed by atoms with Crippen molar-refractivity contribution in [2.45, 2.75) is 37.3 Å². The van der Waals surface area contributed by atoms with Crippen molar-refractivity contribution < 1.29 is 39.8 Å². The first-order chi connectivity index (χ1) is 10.9. The van der Waals surface area contributed by atoms with E-state index in [-0.39, 0.29) is 12.4 Å². The Balaban J connectivity index is 2.22. The largest absolute Gasteiger partial charge is 0.479 e. The molecule has 1 aliphatic heterocycles. The number of hydrogen-bond acceptors (Lipinski definition) is 8. The first-order valence-corrected chi connectivity index (χ1v) is 6.89. The number of ether oxygens (including phenoxy) is 2. The van der Waals surface area contributed by atoms with E-state index in [2.05, 4.69) is 5.32 Å². The van der Waals surface area contributed by atoms with Gasteiger partial charge in [0.15, 0.2) is 6.10 Å². The number of carbonyl (C=O) groups is 1. The number of hydrogen-bond donors (Lipinski definition) is 6. The summed E-state index contributed by atoms with van der Waals surface area (Å²) in [5.41, 5.74) is 1.09. The van der Waals surface area contributed by atoms with E-state index in [9.17, 15) is 20.1 Å². The van der Waals surface area contributed by atoms with Gasteiger partial charge in [-0.3, -0.25) is 0 Å². The number of carboxylic acids is 1. The summed E-state index contributed by atoms with van der Waals surface area (Å²) >= 11 is 0. The van der Waals surface area contributed by atoms with Crippen molar-refractivity contribution in [1.29, 1.82) is 0 Å². The van der Waals surface area contributed by atoms with Crippen LogP contribution in [0.25, 0.3) is 0 Å². The van der Waals surface area contributed by atoms with Crippen molar-refractivity contribution in [2.24, 2.45) is 0 Å². The molecule has 0 aliphatic carbocycles. The van der Waals surface area contributed by atoms with Crippen molar-refractivity contribution in [3.05, 3.63) is 23.8 Å². The van der Waals surface area contributed by atoms with Crippen LogP contribution in [-0.4, -0.2) is 69.3 Å². The zero-order valence-corrected chi connectivity index (χ0v) is 12.3. The standard InChI is InChI=1S/C14H19NO8/c1-15-7-4-6(5-16)2-3-8(7)22-14-11(19)9(17)10(18)12(23-14)13(20)21/h2-4,9-12,14-19H,5H2,1H3,(H,20,21). The topological polar surface area (TPSA) is 149 Å². The van der Waals surface area contributed by atoms with Gasteiger partial charge in [-0.25, -0.2) is 4.79 Å². The molecule has 128 valence electrons. The highest BCUT2D eigenvalue weighted by molar-refractivity contribution is 5.73. The number of benzene rings is 1. The second kappa shape index (κ2) is 7.11. The molecule has 0 saturated carbocycles. The Morgan fingerprint density at radius 3 is 2.52 bits per heavy atom. The number of nitrogens with one attached hydrogen (secondary N) is 1. The van der Waals surface area contributed by atoms with Crippen LogP contribution in [0.4, 0.5) is 5.69 Å². The van der Waals surface area contributed by atoms with Gasteiger partial charge in [-0.2, -0.15) is 0 Å². The molecule has 1 aromatic carbocycles. The molecule has 23 heavy (non-hydrogen) atoms. The van der Waals surface area contributed by atoms with Crippen molar-refractivity contribution >= 4 is 11.7 Å². The lowest BCUT2D eigenvalue weighted by atomic mass is 9.99. The van der Waals surface area contributed by atoms with Gasteiger partial charge in [0.1, 0.15) is 24.1 Å². The number of anilines is 1. The third-order valence-electron chi connectivity index (χ3n) is 3.55. The molecule has 0 spiro atoms. The van der Waals surface area contributed by atoms with Gasteiger partial charge in [0.2, 0.25) is 6.29 Å². The molecule has 5 atom stereocenters. The molecular weight excluding hydrogens is 310 g/mol. The predicted octanol–water partition coefficient (Wildman–Crippen LogP) is -1.51. The molecule has 0 aromatic heterocycles. The lowest BCUT2D eigenvalue weighted by Crippen LogP contribution is -2.61. The Labute approximate surface area is 131 Å². The predicted molar refractivity (Wildman–Crippen MR) is 76.9 cm³/mol. The molecule has 1 fully saturated rings. The van der Waals surface area contributed by atoms with E-state index in [1.54, 1.807) is 19.2 Å². The molecular formula is C14H19NO8. The van der Waals surface area contributed by atoms with Crippen molar-refractivity contribution in [3.63, 3.8) is 0 Å². The summed E-state index contributed by atoms with van der Waals surface area (Å²) in [6.07, 6.45) is -8.36. The second-order valence-corrected chi connectivity index (χ2v) is 5.09. The lowest BCUT2D eigenvalue weighted by molar-refractivity contribution is -0.271. The van der Waals surface area contributed by atoms with Crippen LogP contribution in [0, 0.1) is 0 Å². The lowest BCUT2D eigenvalue weighted by Gasteiger charge is -2.38. The summed E-state index contributed by atoms with van der Waals surface area (Å²) in [6.45, 7) is -0.177. The molecule has 6 N–H and O–H groups in total. The van der Waals surface area contributed by atoms with Crippen LogP contribution in [0.15, 0.2) is 18.2 Å². The molecule has 5 unspecified atom stereocenters. The van der Waals surface area contributed by atoms with Crippen molar-refractivity contribution in [1.82, 2.24) is 0 Å². The fourth-order valence-corrected chi connectivity index (χ4v) is 2.25. The maximum absolute atomic E-state index is 11.0. The highest BCUT2D eigenvalue weighted by Gasteiger charge is 2.48. The van der Waals surface area contributed by atoms with Gasteiger partial charge < -0.3 is 40.3 Å². The Morgan fingerprint density at radius 2 is 1.96 bits per heavy atom. The third kappa shape index (κ3) is 3.54. The first kappa shape index (κ1) is 17.4. The van der Waals surface area contributed by atoms with Gasteiger partial charge in [0.25, 0.3) is 0 Å². The summed E-state index contributed by atoms with van der Waals surface area (Å²) in [5, 5.41) is 50.2. The van der Waals surface area contributed by atoms with Crippen LogP contribution < -0.4 is 10.1 Å². The van der Waals surface area contributed by atoms with Crippen LogP contribution >= 0.6 is 0 Å². The molecule has 2 rings (SSSR count). The molecule has 0 amide bonds. The number of aliphatic hydroxyl groups is 4. The van der Waals surface area contributed by atoms with Gasteiger partial charge in [-0.05, 0) is 17.7 Å². The summed E-state index contributed by atoms with van der Waals surface area (Å²) in [5.74, 6) is -1.26. The minimum absolute atomic E-state index is 0.177. The molecule has 1 aliphatic rings. The average molecular weight is 329 g/mol. The quantitative estimate of drug-likeness (QED) is 0.379. The van der Waals surface area contributed by atoms with E-state index in [0.717, 1.165) is 0 Å². The van der Waals surface area contributed by atoms with Crippen LogP contribution in [-0.2, 0) is 16.1 Å². The monoisotopic (exact) mass is 329 g/mol.